The summed E-state index contributed by atoms with van der Waals surface area (Å²) in [5.74, 6) is -1.02. The van der Waals surface area contributed by atoms with Gasteiger partial charge in [0.1, 0.15) is 4.90 Å². The lowest BCUT2D eigenvalue weighted by molar-refractivity contribution is 0.557. The number of anilines is 1. The van der Waals surface area contributed by atoms with Crippen molar-refractivity contribution in [1.29, 1.82) is 0 Å². The Morgan fingerprint density at radius 2 is 2.10 bits per heavy atom. The summed E-state index contributed by atoms with van der Waals surface area (Å²) in [5.41, 5.74) is 6.29. The third-order valence-electron chi connectivity index (χ3n) is 2.71. The molecule has 1 aromatic carbocycles. The number of hydrogen-bond donors (Lipinski definition) is 2. The molecule has 0 unspecified atom stereocenters. The first-order chi connectivity index (χ1) is 9.90. The van der Waals surface area contributed by atoms with Crippen molar-refractivity contribution in [3.8, 4) is 0 Å². The predicted molar refractivity (Wildman–Crippen MR) is 79.0 cm³/mol. The molecule has 0 aliphatic heterocycles. The molecule has 0 aliphatic rings. The van der Waals surface area contributed by atoms with E-state index in [-0.39, 0.29) is 17.3 Å². The number of pyridine rings is 1. The molecule has 5 nitrogen and oxygen atoms in total. The molecule has 0 fully saturated rings. The van der Waals surface area contributed by atoms with Crippen LogP contribution in [-0.4, -0.2) is 19.9 Å². The van der Waals surface area contributed by atoms with Gasteiger partial charge in [0.15, 0.2) is 5.82 Å². The molecule has 0 spiro atoms. The molecule has 0 saturated carbocycles. The number of hydrogen-bond acceptors (Lipinski definition) is 4. The molecule has 21 heavy (non-hydrogen) atoms. The van der Waals surface area contributed by atoms with Crippen LogP contribution in [0.25, 0.3) is 0 Å². The molecule has 2 rings (SSSR count). The van der Waals surface area contributed by atoms with Crippen molar-refractivity contribution in [2.75, 3.05) is 12.3 Å². The number of nitrogens with one attached hydrogen (secondary N) is 1. The van der Waals surface area contributed by atoms with Crippen molar-refractivity contribution in [2.45, 2.75) is 11.3 Å². The first kappa shape index (κ1) is 15.7. The van der Waals surface area contributed by atoms with Gasteiger partial charge in [-0.05, 0) is 24.3 Å². The SMILES string of the molecule is Nc1cc(Cl)c(F)c(S(=O)(=O)NCCc2ccccn2)c1. The van der Waals surface area contributed by atoms with E-state index in [1.54, 1.807) is 24.4 Å². The maximum absolute atomic E-state index is 13.8. The first-order valence-corrected chi connectivity index (χ1v) is 7.90. The van der Waals surface area contributed by atoms with E-state index >= 15 is 0 Å². The van der Waals surface area contributed by atoms with Crippen molar-refractivity contribution >= 4 is 27.3 Å². The molecule has 0 bridgehead atoms. The zero-order valence-corrected chi connectivity index (χ0v) is 12.5. The van der Waals surface area contributed by atoms with E-state index in [9.17, 15) is 12.8 Å². The number of sulfonamides is 1. The lowest BCUT2D eigenvalue weighted by Gasteiger charge is -2.09. The van der Waals surface area contributed by atoms with Gasteiger partial charge in [0.2, 0.25) is 10.0 Å². The van der Waals surface area contributed by atoms with E-state index in [2.05, 4.69) is 9.71 Å². The second-order valence-corrected chi connectivity index (χ2v) is 6.43. The van der Waals surface area contributed by atoms with Gasteiger partial charge in [-0.15, -0.1) is 0 Å². The van der Waals surface area contributed by atoms with Crippen LogP contribution >= 0.6 is 11.6 Å². The van der Waals surface area contributed by atoms with Crippen LogP contribution in [-0.2, 0) is 16.4 Å². The second kappa shape index (κ2) is 6.38. The lowest BCUT2D eigenvalue weighted by atomic mass is 10.3. The van der Waals surface area contributed by atoms with Crippen molar-refractivity contribution in [1.82, 2.24) is 9.71 Å². The topological polar surface area (TPSA) is 85.1 Å². The normalized spacial score (nSPS) is 11.5. The Labute approximate surface area is 127 Å². The summed E-state index contributed by atoms with van der Waals surface area (Å²) in [7, 11) is -4.02. The molecule has 0 radical (unpaired) electrons. The molecule has 0 saturated heterocycles. The third-order valence-corrected chi connectivity index (χ3v) is 4.44. The highest BCUT2D eigenvalue weighted by atomic mass is 35.5. The van der Waals surface area contributed by atoms with E-state index < -0.39 is 20.7 Å². The molecule has 1 heterocycles. The lowest BCUT2D eigenvalue weighted by Crippen LogP contribution is -2.27. The summed E-state index contributed by atoms with van der Waals surface area (Å²) in [6.45, 7) is 0.0885. The van der Waals surface area contributed by atoms with Crippen LogP contribution in [0, 0.1) is 5.82 Å². The van der Waals surface area contributed by atoms with Gasteiger partial charge in [0, 0.05) is 30.5 Å². The Hall–Kier alpha value is -1.70. The van der Waals surface area contributed by atoms with Gasteiger partial charge >= 0.3 is 0 Å². The van der Waals surface area contributed by atoms with Gasteiger partial charge in [-0.25, -0.2) is 17.5 Å². The zero-order valence-electron chi connectivity index (χ0n) is 10.9. The Morgan fingerprint density at radius 1 is 1.33 bits per heavy atom. The number of nitrogens with zero attached hydrogens (tertiary/aromatic N) is 1. The fourth-order valence-corrected chi connectivity index (χ4v) is 3.16. The average molecular weight is 330 g/mol. The van der Waals surface area contributed by atoms with Gasteiger partial charge in [-0.2, -0.15) is 0 Å². The summed E-state index contributed by atoms with van der Waals surface area (Å²) in [4.78, 5) is 3.51. The van der Waals surface area contributed by atoms with Crippen LogP contribution in [0.3, 0.4) is 0 Å². The van der Waals surface area contributed by atoms with Crippen molar-refractivity contribution < 1.29 is 12.8 Å². The standard InChI is InChI=1S/C13H13ClFN3O2S/c14-11-7-9(16)8-12(13(11)15)21(19,20)18-6-4-10-3-1-2-5-17-10/h1-3,5,7-8,18H,4,6,16H2. The monoisotopic (exact) mass is 329 g/mol. The Balaban J connectivity index is 2.12. The van der Waals surface area contributed by atoms with E-state index in [1.807, 2.05) is 0 Å². The molecule has 0 aliphatic carbocycles. The van der Waals surface area contributed by atoms with Crippen LogP contribution in [0.2, 0.25) is 5.02 Å². The van der Waals surface area contributed by atoms with E-state index in [1.165, 1.54) is 0 Å². The van der Waals surface area contributed by atoms with Crippen molar-refractivity contribution in [3.05, 3.63) is 53.1 Å². The second-order valence-electron chi connectivity index (χ2n) is 4.28. The number of halogens is 2. The quantitative estimate of drug-likeness (QED) is 0.821. The highest BCUT2D eigenvalue weighted by molar-refractivity contribution is 7.89. The van der Waals surface area contributed by atoms with E-state index in [4.69, 9.17) is 17.3 Å². The molecular formula is C13H13ClFN3O2S. The molecule has 1 aromatic heterocycles. The molecule has 0 amide bonds. The third kappa shape index (κ3) is 3.90. The van der Waals surface area contributed by atoms with Crippen LogP contribution in [0.5, 0.6) is 0 Å². The number of aromatic nitrogens is 1. The maximum atomic E-state index is 13.8. The minimum Gasteiger partial charge on any atom is -0.399 e. The van der Waals surface area contributed by atoms with Crippen LogP contribution in [0.15, 0.2) is 41.4 Å². The van der Waals surface area contributed by atoms with Gasteiger partial charge < -0.3 is 5.73 Å². The van der Waals surface area contributed by atoms with Crippen molar-refractivity contribution in [3.63, 3.8) is 0 Å². The summed E-state index contributed by atoms with van der Waals surface area (Å²) >= 11 is 5.60. The molecule has 8 heteroatoms. The highest BCUT2D eigenvalue weighted by Crippen LogP contribution is 2.25. The number of nitrogens with two attached hydrogens (primary N) is 1. The average Bonchev–Trinajstić information content (AvgIpc) is 2.43. The van der Waals surface area contributed by atoms with Gasteiger partial charge in [0.25, 0.3) is 0 Å². The highest BCUT2D eigenvalue weighted by Gasteiger charge is 2.21. The van der Waals surface area contributed by atoms with Crippen molar-refractivity contribution in [2.24, 2.45) is 0 Å². The fourth-order valence-electron chi connectivity index (χ4n) is 1.72. The van der Waals surface area contributed by atoms with E-state index in [0.717, 1.165) is 17.8 Å². The van der Waals surface area contributed by atoms with Gasteiger partial charge in [-0.1, -0.05) is 17.7 Å². The smallest absolute Gasteiger partial charge is 0.243 e. The fraction of sp³-hybridized carbons (Fsp3) is 0.154. The van der Waals surface area contributed by atoms with Gasteiger partial charge in [-0.3, -0.25) is 4.98 Å². The Bertz CT molecular complexity index is 739. The minimum absolute atomic E-state index is 0.0755. The summed E-state index contributed by atoms with van der Waals surface area (Å²) in [5, 5.41) is -0.333. The van der Waals surface area contributed by atoms with Crippen LogP contribution in [0.1, 0.15) is 5.69 Å². The summed E-state index contributed by atoms with van der Waals surface area (Å²) in [6, 6.07) is 7.52. The largest absolute Gasteiger partial charge is 0.399 e. The molecule has 112 valence electrons. The van der Waals surface area contributed by atoms with Gasteiger partial charge in [0.05, 0.1) is 5.02 Å². The number of rotatable bonds is 5. The Kier molecular flexibility index (Phi) is 4.76. The summed E-state index contributed by atoms with van der Waals surface area (Å²) in [6.07, 6.45) is 2.00. The maximum Gasteiger partial charge on any atom is 0.243 e. The van der Waals surface area contributed by atoms with Crippen LogP contribution < -0.4 is 10.5 Å². The summed E-state index contributed by atoms with van der Waals surface area (Å²) < 4.78 is 40.2. The molecular weight excluding hydrogens is 317 g/mol. The number of benzene rings is 1. The zero-order chi connectivity index (χ0) is 15.5. The molecule has 2 aromatic rings. The van der Waals surface area contributed by atoms with Crippen LogP contribution in [0.4, 0.5) is 10.1 Å². The Morgan fingerprint density at radius 3 is 2.76 bits per heavy atom. The van der Waals surface area contributed by atoms with E-state index in [0.29, 0.717) is 6.42 Å². The number of nitrogen functional groups attached to an aromatic ring is 1. The molecule has 3 N–H and O–H groups in total. The predicted octanol–water partition coefficient (Wildman–Crippen LogP) is 1.98. The minimum atomic E-state index is -4.02. The first-order valence-electron chi connectivity index (χ1n) is 6.04. The molecule has 0 atom stereocenters.